The second kappa shape index (κ2) is 3.84. The van der Waals surface area contributed by atoms with Crippen LogP contribution in [0, 0.1) is 5.41 Å². The molecule has 6 nitrogen and oxygen atoms in total. The molecule has 2 N–H and O–H groups in total. The maximum atomic E-state index is 12.2. The Labute approximate surface area is 105 Å². The minimum Gasteiger partial charge on any atom is -0.481 e. The molecule has 2 aliphatic rings. The fourth-order valence-corrected chi connectivity index (χ4v) is 2.29. The topological polar surface area (TPSA) is 72.5 Å². The van der Waals surface area contributed by atoms with E-state index in [4.69, 9.17) is 9.47 Å². The summed E-state index contributed by atoms with van der Waals surface area (Å²) < 4.78 is 10.5. The molecule has 1 amide bonds. The number of rotatable bonds is 1. The quantitative estimate of drug-likeness (QED) is 0.772. The fraction of sp³-hybridized carbons (Fsp3) is 0.500. The Kier molecular flexibility index (Phi) is 2.41. The smallest absolute Gasteiger partial charge is 0.234 e. The number of anilines is 2. The normalized spacial score (nSPS) is 29.7. The molecule has 3 heterocycles. The standard InChI is InChI=1S/C12H15N3O3/c1-12-6-18-5-8(12)14-10-7(13-11(12)16)3-4-9(15-10)17-2/h3-4,8H,5-6H2,1-2H3,(H,13,16)(H,14,15). The molecule has 2 unspecified atom stereocenters. The minimum absolute atomic E-state index is 0.0387. The highest BCUT2D eigenvalue weighted by molar-refractivity contribution is 6.00. The van der Waals surface area contributed by atoms with Gasteiger partial charge in [-0.25, -0.2) is 0 Å². The second-order valence-electron chi connectivity index (χ2n) is 4.83. The third-order valence-electron chi connectivity index (χ3n) is 3.61. The molecule has 6 heteroatoms. The van der Waals surface area contributed by atoms with Crippen LogP contribution in [0.3, 0.4) is 0 Å². The van der Waals surface area contributed by atoms with Crippen molar-refractivity contribution >= 4 is 17.4 Å². The largest absolute Gasteiger partial charge is 0.481 e. The van der Waals surface area contributed by atoms with Gasteiger partial charge >= 0.3 is 0 Å². The van der Waals surface area contributed by atoms with E-state index in [1.807, 2.05) is 6.92 Å². The summed E-state index contributed by atoms with van der Waals surface area (Å²) in [6.07, 6.45) is 0. The molecule has 0 aliphatic carbocycles. The summed E-state index contributed by atoms with van der Waals surface area (Å²) >= 11 is 0. The van der Waals surface area contributed by atoms with Crippen molar-refractivity contribution < 1.29 is 14.3 Å². The summed E-state index contributed by atoms with van der Waals surface area (Å²) in [5.74, 6) is 1.10. The zero-order valence-electron chi connectivity index (χ0n) is 10.3. The van der Waals surface area contributed by atoms with Gasteiger partial charge in [0.25, 0.3) is 0 Å². The monoisotopic (exact) mass is 249 g/mol. The molecule has 1 aromatic rings. The lowest BCUT2D eigenvalue weighted by Crippen LogP contribution is -2.44. The lowest BCUT2D eigenvalue weighted by Gasteiger charge is -2.25. The van der Waals surface area contributed by atoms with Crippen LogP contribution in [0.25, 0.3) is 0 Å². The van der Waals surface area contributed by atoms with Crippen molar-refractivity contribution in [3.8, 4) is 5.88 Å². The van der Waals surface area contributed by atoms with Gasteiger partial charge in [0, 0.05) is 6.07 Å². The highest BCUT2D eigenvalue weighted by Crippen LogP contribution is 2.37. The molecule has 0 bridgehead atoms. The maximum absolute atomic E-state index is 12.2. The number of nitrogens with zero attached hydrogens (tertiary/aromatic N) is 1. The van der Waals surface area contributed by atoms with E-state index in [1.165, 1.54) is 0 Å². The molecule has 18 heavy (non-hydrogen) atoms. The Bertz CT molecular complexity index is 505. The third kappa shape index (κ3) is 1.53. The predicted molar refractivity (Wildman–Crippen MR) is 65.8 cm³/mol. The summed E-state index contributed by atoms with van der Waals surface area (Å²) in [7, 11) is 1.56. The van der Waals surface area contributed by atoms with Gasteiger partial charge in [-0.15, -0.1) is 0 Å². The van der Waals surface area contributed by atoms with Crippen molar-refractivity contribution in [2.24, 2.45) is 5.41 Å². The molecule has 0 saturated carbocycles. The number of carbonyl (C=O) groups excluding carboxylic acids is 1. The van der Waals surface area contributed by atoms with E-state index >= 15 is 0 Å². The Morgan fingerprint density at radius 3 is 3.17 bits per heavy atom. The van der Waals surface area contributed by atoms with Gasteiger partial charge in [0.15, 0.2) is 5.82 Å². The van der Waals surface area contributed by atoms with Crippen molar-refractivity contribution in [1.29, 1.82) is 0 Å². The van der Waals surface area contributed by atoms with Gasteiger partial charge < -0.3 is 20.1 Å². The summed E-state index contributed by atoms with van der Waals surface area (Å²) in [4.78, 5) is 16.6. The van der Waals surface area contributed by atoms with E-state index in [-0.39, 0.29) is 11.9 Å². The number of nitrogens with one attached hydrogen (secondary N) is 2. The zero-order valence-corrected chi connectivity index (χ0v) is 10.3. The van der Waals surface area contributed by atoms with Gasteiger partial charge in [-0.05, 0) is 13.0 Å². The van der Waals surface area contributed by atoms with Crippen LogP contribution in [0.4, 0.5) is 11.5 Å². The Balaban J connectivity index is 2.03. The molecule has 1 saturated heterocycles. The second-order valence-corrected chi connectivity index (χ2v) is 4.83. The lowest BCUT2D eigenvalue weighted by molar-refractivity contribution is -0.124. The van der Waals surface area contributed by atoms with E-state index in [0.717, 1.165) is 0 Å². The Morgan fingerprint density at radius 2 is 2.39 bits per heavy atom. The highest BCUT2D eigenvalue weighted by Gasteiger charge is 2.48. The number of hydrogen-bond donors (Lipinski definition) is 2. The van der Waals surface area contributed by atoms with Gasteiger partial charge in [0.2, 0.25) is 11.8 Å². The fourth-order valence-electron chi connectivity index (χ4n) is 2.29. The molecule has 1 fully saturated rings. The van der Waals surface area contributed by atoms with Crippen LogP contribution >= 0.6 is 0 Å². The van der Waals surface area contributed by atoms with Gasteiger partial charge in [-0.2, -0.15) is 4.98 Å². The summed E-state index contributed by atoms with van der Waals surface area (Å²) in [5, 5.41) is 6.15. The van der Waals surface area contributed by atoms with E-state index in [9.17, 15) is 4.79 Å². The molecule has 0 radical (unpaired) electrons. The van der Waals surface area contributed by atoms with Crippen molar-refractivity contribution in [3.05, 3.63) is 12.1 Å². The van der Waals surface area contributed by atoms with Crippen LogP contribution in [0.2, 0.25) is 0 Å². The molecular weight excluding hydrogens is 234 g/mol. The molecule has 2 atom stereocenters. The average Bonchev–Trinajstić information content (AvgIpc) is 2.70. The van der Waals surface area contributed by atoms with Crippen molar-refractivity contribution in [1.82, 2.24) is 4.98 Å². The third-order valence-corrected chi connectivity index (χ3v) is 3.61. The first-order valence-corrected chi connectivity index (χ1v) is 5.84. The maximum Gasteiger partial charge on any atom is 0.234 e. The highest BCUT2D eigenvalue weighted by atomic mass is 16.5. The zero-order chi connectivity index (χ0) is 12.8. The molecule has 0 aromatic carbocycles. The average molecular weight is 249 g/mol. The molecule has 2 aliphatic heterocycles. The van der Waals surface area contributed by atoms with E-state index < -0.39 is 5.41 Å². The van der Waals surface area contributed by atoms with Crippen molar-refractivity contribution in [2.75, 3.05) is 31.0 Å². The van der Waals surface area contributed by atoms with Gasteiger partial charge in [-0.1, -0.05) is 0 Å². The Hall–Kier alpha value is -1.82. The number of ether oxygens (including phenoxy) is 2. The minimum atomic E-state index is -0.562. The number of hydrogen-bond acceptors (Lipinski definition) is 5. The molecule has 3 rings (SSSR count). The van der Waals surface area contributed by atoms with Crippen LogP contribution in [-0.2, 0) is 9.53 Å². The first-order chi connectivity index (χ1) is 8.63. The number of carbonyl (C=O) groups is 1. The lowest BCUT2D eigenvalue weighted by atomic mass is 9.84. The van der Waals surface area contributed by atoms with E-state index in [2.05, 4.69) is 15.6 Å². The van der Waals surface area contributed by atoms with Crippen molar-refractivity contribution in [2.45, 2.75) is 13.0 Å². The summed E-state index contributed by atoms with van der Waals surface area (Å²) in [5.41, 5.74) is 0.116. The van der Waals surface area contributed by atoms with Crippen LogP contribution in [0.1, 0.15) is 6.92 Å². The van der Waals surface area contributed by atoms with E-state index in [1.54, 1.807) is 19.2 Å². The number of methoxy groups -OCH3 is 1. The van der Waals surface area contributed by atoms with Crippen LogP contribution < -0.4 is 15.4 Å². The summed E-state index contributed by atoms with van der Waals surface area (Å²) in [6, 6.07) is 3.44. The predicted octanol–water partition coefficient (Wildman–Crippen LogP) is 0.859. The van der Waals surface area contributed by atoms with Gasteiger partial charge in [0.1, 0.15) is 0 Å². The number of fused-ring (bicyclic) bond motifs is 2. The first kappa shape index (κ1) is 11.3. The van der Waals surface area contributed by atoms with Crippen molar-refractivity contribution in [3.63, 3.8) is 0 Å². The van der Waals surface area contributed by atoms with Gasteiger partial charge in [0.05, 0.1) is 37.5 Å². The number of pyridine rings is 1. The first-order valence-electron chi connectivity index (χ1n) is 5.84. The van der Waals surface area contributed by atoms with Crippen LogP contribution in [-0.4, -0.2) is 37.3 Å². The Morgan fingerprint density at radius 1 is 1.56 bits per heavy atom. The number of amides is 1. The molecule has 1 aromatic heterocycles. The van der Waals surface area contributed by atoms with E-state index in [0.29, 0.717) is 30.6 Å². The van der Waals surface area contributed by atoms with Gasteiger partial charge in [-0.3, -0.25) is 4.79 Å². The van der Waals surface area contributed by atoms with Crippen LogP contribution in [0.5, 0.6) is 5.88 Å². The SMILES string of the molecule is COc1ccc2c(n1)NC1COCC1(C)C(=O)N2. The molecule has 96 valence electrons. The molecule has 0 spiro atoms. The molecular formula is C12H15N3O3. The number of aromatic nitrogens is 1. The summed E-state index contributed by atoms with van der Waals surface area (Å²) in [6.45, 7) is 2.82. The van der Waals surface area contributed by atoms with Crippen LogP contribution in [0.15, 0.2) is 12.1 Å².